The summed E-state index contributed by atoms with van der Waals surface area (Å²) in [6.07, 6.45) is 0. The molecule has 4 N–H and O–H groups in total. The van der Waals surface area contributed by atoms with Crippen LogP contribution < -0.4 is 15.8 Å². The van der Waals surface area contributed by atoms with E-state index >= 15 is 0 Å². The average molecular weight is 437 g/mol. The van der Waals surface area contributed by atoms with Crippen molar-refractivity contribution < 1.29 is 32.0 Å². The number of carbonyl (C=O) groups excluding carboxylic acids is 2. The fourth-order valence-corrected chi connectivity index (χ4v) is 3.29. The third-order valence-corrected chi connectivity index (χ3v) is 5.02. The number of nitrogens with one attached hydrogen (secondary N) is 1. The summed E-state index contributed by atoms with van der Waals surface area (Å²) in [5.41, 5.74) is 4.78. The van der Waals surface area contributed by atoms with Gasteiger partial charge in [-0.1, -0.05) is 23.2 Å². The summed E-state index contributed by atoms with van der Waals surface area (Å²) in [5.74, 6) is -2.04. The maximum absolute atomic E-state index is 12.5. The third kappa shape index (κ3) is 4.03. The summed E-state index contributed by atoms with van der Waals surface area (Å²) in [7, 11) is -3.40. The standard InChI is InChI=1S/C15H14Cl2N2O7S/c1-3-26-15-11(17)13(20)12(10(16)14(15)21)19-7-5-9(27(22,23)24)6(18)4-8(7)25-2/h4-5,19H,3,18H2,1-2H3,(H,22,23,24). The van der Waals surface area contributed by atoms with Gasteiger partial charge in [0.1, 0.15) is 26.4 Å². The summed E-state index contributed by atoms with van der Waals surface area (Å²) in [4.78, 5) is 24.1. The first-order chi connectivity index (χ1) is 12.5. The van der Waals surface area contributed by atoms with Gasteiger partial charge in [0.05, 0.1) is 25.1 Å². The van der Waals surface area contributed by atoms with Crippen molar-refractivity contribution in [3.63, 3.8) is 0 Å². The highest BCUT2D eigenvalue weighted by atomic mass is 35.5. The van der Waals surface area contributed by atoms with E-state index in [1.165, 1.54) is 7.11 Å². The third-order valence-electron chi connectivity index (χ3n) is 3.41. The number of benzene rings is 1. The van der Waals surface area contributed by atoms with E-state index in [-0.39, 0.29) is 29.5 Å². The molecule has 0 heterocycles. The number of allylic oxidation sites excluding steroid dienone is 2. The van der Waals surface area contributed by atoms with Gasteiger partial charge >= 0.3 is 0 Å². The van der Waals surface area contributed by atoms with E-state index in [0.29, 0.717) is 0 Å². The van der Waals surface area contributed by atoms with Crippen LogP contribution in [0.15, 0.2) is 38.5 Å². The molecule has 0 unspecified atom stereocenters. The predicted octanol–water partition coefficient (Wildman–Crippen LogP) is 2.03. The minimum Gasteiger partial charge on any atom is -0.494 e. The Bertz CT molecular complexity index is 1000. The van der Waals surface area contributed by atoms with Crippen LogP contribution in [0.4, 0.5) is 11.4 Å². The van der Waals surface area contributed by atoms with E-state index in [2.05, 4.69) is 5.32 Å². The first-order valence-corrected chi connectivity index (χ1v) is 9.46. The average Bonchev–Trinajstić information content (AvgIpc) is 2.60. The Morgan fingerprint density at radius 3 is 2.33 bits per heavy atom. The molecule has 1 aromatic carbocycles. The second-order valence-corrected chi connectivity index (χ2v) is 7.26. The van der Waals surface area contributed by atoms with E-state index in [1.54, 1.807) is 6.92 Å². The molecule has 0 saturated carbocycles. The van der Waals surface area contributed by atoms with Gasteiger partial charge in [-0.05, 0) is 13.0 Å². The zero-order valence-electron chi connectivity index (χ0n) is 14.0. The van der Waals surface area contributed by atoms with Crippen molar-refractivity contribution in [3.8, 4) is 5.75 Å². The molecule has 1 aromatic rings. The number of nitrogens with two attached hydrogens (primary N) is 1. The molecule has 0 saturated heterocycles. The van der Waals surface area contributed by atoms with E-state index in [1.807, 2.05) is 0 Å². The highest BCUT2D eigenvalue weighted by molar-refractivity contribution is 7.86. The van der Waals surface area contributed by atoms with Crippen molar-refractivity contribution in [2.24, 2.45) is 0 Å². The second kappa shape index (κ2) is 7.77. The Hall–Kier alpha value is -2.27. The Morgan fingerprint density at radius 1 is 1.19 bits per heavy atom. The van der Waals surface area contributed by atoms with Crippen LogP contribution in [0, 0.1) is 0 Å². The molecule has 1 aliphatic rings. The van der Waals surface area contributed by atoms with Crippen LogP contribution >= 0.6 is 23.2 Å². The Balaban J connectivity index is 2.57. The van der Waals surface area contributed by atoms with E-state index in [0.717, 1.165) is 12.1 Å². The van der Waals surface area contributed by atoms with Crippen molar-refractivity contribution in [2.45, 2.75) is 11.8 Å². The molecule has 0 aromatic heterocycles. The molecule has 0 fully saturated rings. The Labute approximate surface area is 164 Å². The van der Waals surface area contributed by atoms with Gasteiger partial charge in [0, 0.05) is 6.07 Å². The van der Waals surface area contributed by atoms with Gasteiger partial charge in [-0.25, -0.2) is 0 Å². The van der Waals surface area contributed by atoms with Crippen LogP contribution in [-0.4, -0.2) is 38.3 Å². The summed E-state index contributed by atoms with van der Waals surface area (Å²) >= 11 is 11.9. The van der Waals surface area contributed by atoms with E-state index < -0.39 is 42.3 Å². The largest absolute Gasteiger partial charge is 0.494 e. The minimum atomic E-state index is -4.66. The number of methoxy groups -OCH3 is 1. The topological polar surface area (TPSA) is 145 Å². The first kappa shape index (κ1) is 21.0. The van der Waals surface area contributed by atoms with Gasteiger partial charge in [-0.3, -0.25) is 14.1 Å². The molecule has 0 bridgehead atoms. The molecule has 0 amide bonds. The van der Waals surface area contributed by atoms with Gasteiger partial charge in [0.2, 0.25) is 11.6 Å². The van der Waals surface area contributed by atoms with Crippen molar-refractivity contribution in [1.29, 1.82) is 0 Å². The summed E-state index contributed by atoms with van der Waals surface area (Å²) < 4.78 is 42.3. The number of hydrogen-bond acceptors (Lipinski definition) is 8. The van der Waals surface area contributed by atoms with E-state index in [4.69, 9.17) is 38.4 Å². The number of nitrogen functional groups attached to an aromatic ring is 1. The van der Waals surface area contributed by atoms with Crippen LogP contribution in [0.3, 0.4) is 0 Å². The second-order valence-electron chi connectivity index (χ2n) is 5.11. The molecule has 0 spiro atoms. The van der Waals surface area contributed by atoms with Crippen molar-refractivity contribution >= 4 is 56.3 Å². The lowest BCUT2D eigenvalue weighted by atomic mass is 10.1. The zero-order valence-corrected chi connectivity index (χ0v) is 16.3. The molecular formula is C15H14Cl2N2O7S. The number of halogens is 2. The van der Waals surface area contributed by atoms with Crippen LogP contribution in [0.2, 0.25) is 0 Å². The Kier molecular flexibility index (Phi) is 6.05. The molecule has 27 heavy (non-hydrogen) atoms. The lowest BCUT2D eigenvalue weighted by Gasteiger charge is -2.20. The number of carbonyl (C=O) groups is 2. The quantitative estimate of drug-likeness (QED) is 0.346. The number of Topliss-reactive ketones (excluding diaryl/α,β-unsaturated/α-hetero) is 2. The van der Waals surface area contributed by atoms with Crippen LogP contribution in [0.5, 0.6) is 5.75 Å². The van der Waals surface area contributed by atoms with Gasteiger partial charge < -0.3 is 20.5 Å². The molecule has 0 aliphatic heterocycles. The minimum absolute atomic E-state index is 0.0211. The first-order valence-electron chi connectivity index (χ1n) is 7.26. The van der Waals surface area contributed by atoms with Gasteiger partial charge in [0.25, 0.3) is 10.1 Å². The maximum Gasteiger partial charge on any atom is 0.296 e. The highest BCUT2D eigenvalue weighted by Crippen LogP contribution is 2.36. The molecule has 146 valence electrons. The molecule has 9 nitrogen and oxygen atoms in total. The molecule has 0 radical (unpaired) electrons. The van der Waals surface area contributed by atoms with Gasteiger partial charge in [0.15, 0.2) is 5.76 Å². The Morgan fingerprint density at radius 2 is 1.81 bits per heavy atom. The van der Waals surface area contributed by atoms with Crippen LogP contribution in [0.1, 0.15) is 6.92 Å². The smallest absolute Gasteiger partial charge is 0.296 e. The molecule has 0 atom stereocenters. The van der Waals surface area contributed by atoms with Gasteiger partial charge in [-0.15, -0.1) is 0 Å². The van der Waals surface area contributed by atoms with Crippen molar-refractivity contribution in [3.05, 3.63) is 33.7 Å². The molecule has 2 rings (SSSR count). The number of rotatable bonds is 6. The fraction of sp³-hybridized carbons (Fsp3) is 0.200. The van der Waals surface area contributed by atoms with Crippen LogP contribution in [0.25, 0.3) is 0 Å². The van der Waals surface area contributed by atoms with Crippen molar-refractivity contribution in [1.82, 2.24) is 0 Å². The molecule has 12 heteroatoms. The predicted molar refractivity (Wildman–Crippen MR) is 98.2 cm³/mol. The monoisotopic (exact) mass is 436 g/mol. The number of ketones is 2. The number of ether oxygens (including phenoxy) is 2. The summed E-state index contributed by atoms with van der Waals surface area (Å²) in [6, 6.07) is 2.03. The zero-order chi connectivity index (χ0) is 20.5. The normalized spacial score (nSPS) is 15.3. The van der Waals surface area contributed by atoms with Crippen LogP contribution in [-0.2, 0) is 24.4 Å². The van der Waals surface area contributed by atoms with E-state index in [9.17, 15) is 22.6 Å². The summed E-state index contributed by atoms with van der Waals surface area (Å²) in [5, 5.41) is 1.51. The highest BCUT2D eigenvalue weighted by Gasteiger charge is 2.35. The summed E-state index contributed by atoms with van der Waals surface area (Å²) in [6.45, 7) is 1.68. The van der Waals surface area contributed by atoms with Gasteiger partial charge in [-0.2, -0.15) is 8.42 Å². The maximum atomic E-state index is 12.5. The lowest BCUT2D eigenvalue weighted by molar-refractivity contribution is -0.118. The molecular weight excluding hydrogens is 423 g/mol. The number of hydrogen-bond donors (Lipinski definition) is 3. The van der Waals surface area contributed by atoms with Crippen molar-refractivity contribution in [2.75, 3.05) is 24.8 Å². The SMILES string of the molecule is CCOC1=C(Cl)C(=O)C(Nc2cc(S(=O)(=O)O)c(N)cc2OC)=C(Cl)C1=O. The number of anilines is 2. The lowest BCUT2D eigenvalue weighted by Crippen LogP contribution is -2.25. The molecule has 1 aliphatic carbocycles. The fourth-order valence-electron chi connectivity index (χ4n) is 2.21.